The van der Waals surface area contributed by atoms with E-state index in [0.29, 0.717) is 26.1 Å². The standard InChI is InChI=1S/C29H39BrN4O4/c1-4-38-28(36)7-5-6-21-14-20(15-25(30)19(21)2)18-34(23-8-9-23)29(37)32-26-17-31-12-10-24(26)22-11-13-33(3)27(35)16-22/h11,13-16,23-24,26,31H,4-10,12,17-18H2,1-3H3,(H,32,37)/t24-,26+/m0/s1. The molecule has 2 aliphatic rings. The SMILES string of the molecule is CCOC(=O)CCCc1cc(CN(C(=O)N[C@@H]2CNCC[C@H]2c2ccn(C)c(=O)c2)C2CC2)cc(Br)c1C. The first-order valence-electron chi connectivity index (χ1n) is 13.6. The molecule has 0 radical (unpaired) electrons. The summed E-state index contributed by atoms with van der Waals surface area (Å²) in [5.74, 6) is -0.0713. The fraction of sp³-hybridized carbons (Fsp3) is 0.552. The molecule has 2 heterocycles. The summed E-state index contributed by atoms with van der Waals surface area (Å²) in [6.07, 6.45) is 6.58. The second-order valence-corrected chi connectivity index (χ2v) is 11.3. The van der Waals surface area contributed by atoms with Crippen LogP contribution in [0.4, 0.5) is 4.79 Å². The molecule has 0 spiro atoms. The molecule has 1 aromatic carbocycles. The molecule has 1 saturated carbocycles. The van der Waals surface area contributed by atoms with Crippen molar-refractivity contribution in [2.24, 2.45) is 7.05 Å². The summed E-state index contributed by atoms with van der Waals surface area (Å²) in [5, 5.41) is 6.70. The van der Waals surface area contributed by atoms with Crippen molar-refractivity contribution in [3.63, 3.8) is 0 Å². The Hall–Kier alpha value is -2.65. The van der Waals surface area contributed by atoms with Crippen LogP contribution in [0.2, 0.25) is 0 Å². The van der Waals surface area contributed by atoms with Gasteiger partial charge in [-0.2, -0.15) is 0 Å². The largest absolute Gasteiger partial charge is 0.466 e. The van der Waals surface area contributed by atoms with E-state index in [4.69, 9.17) is 4.74 Å². The number of rotatable bonds is 10. The van der Waals surface area contributed by atoms with Gasteiger partial charge < -0.3 is 24.8 Å². The van der Waals surface area contributed by atoms with Crippen molar-refractivity contribution in [1.29, 1.82) is 0 Å². The molecular weight excluding hydrogens is 548 g/mol. The summed E-state index contributed by atoms with van der Waals surface area (Å²) in [7, 11) is 1.75. The Morgan fingerprint density at radius 2 is 2.03 bits per heavy atom. The summed E-state index contributed by atoms with van der Waals surface area (Å²) in [6, 6.07) is 8.03. The van der Waals surface area contributed by atoms with E-state index in [-0.39, 0.29) is 35.6 Å². The molecule has 2 aromatic rings. The highest BCUT2D eigenvalue weighted by Gasteiger charge is 2.35. The van der Waals surface area contributed by atoms with E-state index in [1.807, 2.05) is 17.9 Å². The Morgan fingerprint density at radius 3 is 2.74 bits per heavy atom. The lowest BCUT2D eigenvalue weighted by molar-refractivity contribution is -0.143. The van der Waals surface area contributed by atoms with Crippen LogP contribution in [-0.2, 0) is 29.5 Å². The fourth-order valence-corrected chi connectivity index (χ4v) is 5.75. The Bertz CT molecular complexity index is 1210. The van der Waals surface area contributed by atoms with E-state index in [9.17, 15) is 14.4 Å². The average molecular weight is 588 g/mol. The van der Waals surface area contributed by atoms with Gasteiger partial charge in [0, 0.05) is 61.3 Å². The molecule has 1 aliphatic carbocycles. The minimum Gasteiger partial charge on any atom is -0.466 e. The Morgan fingerprint density at radius 1 is 1.24 bits per heavy atom. The number of carbonyl (C=O) groups excluding carboxylic acids is 2. The second kappa shape index (κ2) is 12.9. The smallest absolute Gasteiger partial charge is 0.318 e. The number of urea groups is 1. The van der Waals surface area contributed by atoms with Crippen molar-refractivity contribution in [3.8, 4) is 0 Å². The van der Waals surface area contributed by atoms with E-state index in [1.165, 1.54) is 5.56 Å². The molecule has 9 heteroatoms. The first-order valence-corrected chi connectivity index (χ1v) is 14.4. The number of benzene rings is 1. The van der Waals surface area contributed by atoms with Gasteiger partial charge in [-0.25, -0.2) is 4.79 Å². The number of aromatic nitrogens is 1. The third kappa shape index (κ3) is 7.26. The number of esters is 1. The molecular formula is C29H39BrN4O4. The Kier molecular flexibility index (Phi) is 9.65. The fourth-order valence-electron chi connectivity index (χ4n) is 5.20. The quantitative estimate of drug-likeness (QED) is 0.408. The van der Waals surface area contributed by atoms with Gasteiger partial charge in [-0.05, 0) is 86.9 Å². The molecule has 4 rings (SSSR count). The van der Waals surface area contributed by atoms with Gasteiger partial charge in [0.15, 0.2) is 0 Å². The maximum atomic E-state index is 13.6. The molecule has 2 amide bonds. The number of hydrogen-bond acceptors (Lipinski definition) is 5. The van der Waals surface area contributed by atoms with Crippen LogP contribution in [-0.4, -0.2) is 53.2 Å². The van der Waals surface area contributed by atoms with Crippen LogP contribution in [0.5, 0.6) is 0 Å². The number of pyridine rings is 1. The lowest BCUT2D eigenvalue weighted by atomic mass is 9.86. The minimum absolute atomic E-state index is 0.0336. The number of halogens is 1. The van der Waals surface area contributed by atoms with Crippen molar-refractivity contribution in [1.82, 2.24) is 20.1 Å². The van der Waals surface area contributed by atoms with E-state index >= 15 is 0 Å². The summed E-state index contributed by atoms with van der Waals surface area (Å²) in [5.41, 5.74) is 4.35. The molecule has 2 fully saturated rings. The molecule has 8 nitrogen and oxygen atoms in total. The second-order valence-electron chi connectivity index (χ2n) is 10.4. The van der Waals surface area contributed by atoms with E-state index in [1.54, 1.807) is 23.9 Å². The predicted octanol–water partition coefficient (Wildman–Crippen LogP) is 4.16. The highest BCUT2D eigenvalue weighted by molar-refractivity contribution is 9.10. The highest BCUT2D eigenvalue weighted by atomic mass is 79.9. The zero-order chi connectivity index (χ0) is 27.2. The van der Waals surface area contributed by atoms with E-state index < -0.39 is 0 Å². The number of nitrogens with zero attached hydrogens (tertiary/aromatic N) is 2. The van der Waals surface area contributed by atoms with Gasteiger partial charge >= 0.3 is 12.0 Å². The summed E-state index contributed by atoms with van der Waals surface area (Å²) in [6.45, 7) is 6.35. The van der Waals surface area contributed by atoms with Gasteiger partial charge in [-0.1, -0.05) is 22.0 Å². The third-order valence-electron chi connectivity index (χ3n) is 7.59. The number of ether oxygens (including phenoxy) is 1. The van der Waals surface area contributed by atoms with Gasteiger partial charge in [0.05, 0.1) is 6.61 Å². The number of carbonyl (C=O) groups is 2. The first-order chi connectivity index (χ1) is 18.3. The number of amides is 2. The Balaban J connectivity index is 1.45. The van der Waals surface area contributed by atoms with Crippen molar-refractivity contribution in [2.75, 3.05) is 19.7 Å². The molecule has 1 aliphatic heterocycles. The number of hydrogen-bond donors (Lipinski definition) is 2. The molecule has 38 heavy (non-hydrogen) atoms. The average Bonchev–Trinajstić information content (AvgIpc) is 3.73. The van der Waals surface area contributed by atoms with Gasteiger partial charge in [0.2, 0.25) is 0 Å². The van der Waals surface area contributed by atoms with Crippen molar-refractivity contribution in [3.05, 3.63) is 67.5 Å². The van der Waals surface area contributed by atoms with Crippen LogP contribution in [0.15, 0.2) is 39.7 Å². The van der Waals surface area contributed by atoms with Crippen molar-refractivity contribution >= 4 is 27.9 Å². The molecule has 0 unspecified atom stereocenters. The van der Waals surface area contributed by atoms with Gasteiger partial charge in [-0.15, -0.1) is 0 Å². The maximum Gasteiger partial charge on any atom is 0.318 e. The van der Waals surface area contributed by atoms with Crippen LogP contribution in [0.25, 0.3) is 0 Å². The van der Waals surface area contributed by atoms with Crippen molar-refractivity contribution in [2.45, 2.75) is 76.9 Å². The first kappa shape index (κ1) is 28.4. The summed E-state index contributed by atoms with van der Waals surface area (Å²) in [4.78, 5) is 39.6. The number of piperidine rings is 1. The third-order valence-corrected chi connectivity index (χ3v) is 8.42. The van der Waals surface area contributed by atoms with Crippen LogP contribution >= 0.6 is 15.9 Å². The monoisotopic (exact) mass is 586 g/mol. The van der Waals surface area contributed by atoms with Crippen LogP contribution < -0.4 is 16.2 Å². The van der Waals surface area contributed by atoms with Gasteiger partial charge in [0.25, 0.3) is 5.56 Å². The zero-order valence-corrected chi connectivity index (χ0v) is 24.2. The number of aryl methyl sites for hydroxylation is 2. The van der Waals surface area contributed by atoms with Gasteiger partial charge in [-0.3, -0.25) is 9.59 Å². The van der Waals surface area contributed by atoms with Crippen LogP contribution in [0.3, 0.4) is 0 Å². The van der Waals surface area contributed by atoms with Crippen LogP contribution in [0.1, 0.15) is 67.2 Å². The molecule has 1 aromatic heterocycles. The predicted molar refractivity (Wildman–Crippen MR) is 151 cm³/mol. The normalized spacial score (nSPS) is 19.2. The molecule has 0 bridgehead atoms. The van der Waals surface area contributed by atoms with Crippen molar-refractivity contribution < 1.29 is 14.3 Å². The lowest BCUT2D eigenvalue weighted by Gasteiger charge is -2.35. The molecule has 206 valence electrons. The van der Waals surface area contributed by atoms with Gasteiger partial charge in [0.1, 0.15) is 0 Å². The molecule has 2 atom stereocenters. The number of nitrogens with one attached hydrogen (secondary N) is 2. The molecule has 2 N–H and O–H groups in total. The topological polar surface area (TPSA) is 92.7 Å². The highest BCUT2D eigenvalue weighted by Crippen LogP contribution is 2.31. The zero-order valence-electron chi connectivity index (χ0n) is 22.6. The van der Waals surface area contributed by atoms with Crippen LogP contribution in [0, 0.1) is 6.92 Å². The van der Waals surface area contributed by atoms with E-state index in [2.05, 4.69) is 45.6 Å². The summed E-state index contributed by atoms with van der Waals surface area (Å²) >= 11 is 3.70. The van der Waals surface area contributed by atoms with E-state index in [0.717, 1.165) is 59.8 Å². The minimum atomic E-state index is -0.164. The Labute approximate surface area is 233 Å². The molecule has 1 saturated heterocycles. The summed E-state index contributed by atoms with van der Waals surface area (Å²) < 4.78 is 7.64. The lowest BCUT2D eigenvalue weighted by Crippen LogP contribution is -2.53. The maximum absolute atomic E-state index is 13.6.